The largest absolute Gasteiger partial charge is 0.300 e. The van der Waals surface area contributed by atoms with Crippen LogP contribution in [0, 0.1) is 27.6 Å². The van der Waals surface area contributed by atoms with E-state index in [-0.39, 0.29) is 23.5 Å². The van der Waals surface area contributed by atoms with Gasteiger partial charge in [0.15, 0.2) is 0 Å². The molecule has 2 bridgehead atoms. The molecule has 5 heteroatoms. The molecule has 3 rings (SSSR count). The highest BCUT2D eigenvalue weighted by Gasteiger charge is 2.64. The van der Waals surface area contributed by atoms with Crippen molar-refractivity contribution in [3.63, 3.8) is 0 Å². The van der Waals surface area contributed by atoms with Crippen LogP contribution in [0.3, 0.4) is 0 Å². The maximum atomic E-state index is 11.6. The molecule has 0 spiro atoms. The highest BCUT2D eigenvalue weighted by Crippen LogP contribution is 2.59. The predicted molar refractivity (Wildman–Crippen MR) is 65.9 cm³/mol. The quantitative estimate of drug-likeness (QED) is 0.722. The minimum atomic E-state index is -0.860. The summed E-state index contributed by atoms with van der Waals surface area (Å²) in [6.45, 7) is 0. The first-order chi connectivity index (χ1) is 8.72. The van der Waals surface area contributed by atoms with E-state index in [1.54, 1.807) is 0 Å². The van der Waals surface area contributed by atoms with Gasteiger partial charge in [-0.1, -0.05) is 10.4 Å². The van der Waals surface area contributed by atoms with Crippen molar-refractivity contribution in [2.24, 2.45) is 28.1 Å². The van der Waals surface area contributed by atoms with Crippen molar-refractivity contribution in [2.75, 3.05) is 0 Å². The Hall–Kier alpha value is -1.13. The van der Waals surface area contributed by atoms with Crippen molar-refractivity contribution in [2.45, 2.75) is 56.5 Å². The van der Waals surface area contributed by atoms with Gasteiger partial charge in [0.1, 0.15) is 17.4 Å². The molecule has 0 saturated heterocycles. The number of hydrogen-bond donors (Lipinski definition) is 0. The topological polar surface area (TPSA) is 75.9 Å². The Labute approximate surface area is 106 Å². The van der Waals surface area contributed by atoms with Crippen LogP contribution in [0.4, 0.5) is 0 Å². The van der Waals surface area contributed by atoms with Crippen molar-refractivity contribution in [3.8, 4) is 0 Å². The van der Waals surface area contributed by atoms with E-state index in [1.165, 1.54) is 0 Å². The molecule has 0 radical (unpaired) electrons. The second-order valence-corrected chi connectivity index (χ2v) is 6.13. The number of carbonyl (C=O) groups is 1. The summed E-state index contributed by atoms with van der Waals surface area (Å²) in [6, 6.07) is -0.482. The lowest BCUT2D eigenvalue weighted by molar-refractivity contribution is -0.122. The third kappa shape index (κ3) is 1.42. The fourth-order valence-corrected chi connectivity index (χ4v) is 4.71. The molecule has 5 atom stereocenters. The molecular formula is C13H18N2O3. The summed E-state index contributed by atoms with van der Waals surface area (Å²) in [6.07, 6.45) is 5.54. The van der Waals surface area contributed by atoms with Gasteiger partial charge >= 0.3 is 0 Å². The highest BCUT2D eigenvalue weighted by molar-refractivity contribution is 5.79. The van der Waals surface area contributed by atoms with Crippen LogP contribution >= 0.6 is 0 Å². The normalized spacial score (nSPS) is 47.2. The van der Waals surface area contributed by atoms with E-state index in [1.807, 2.05) is 0 Å². The van der Waals surface area contributed by atoms with Crippen LogP contribution in [0.1, 0.15) is 44.9 Å². The van der Waals surface area contributed by atoms with Gasteiger partial charge in [-0.15, -0.1) is 0 Å². The van der Waals surface area contributed by atoms with Crippen LogP contribution in [0.25, 0.3) is 0 Å². The van der Waals surface area contributed by atoms with Crippen molar-refractivity contribution in [3.05, 3.63) is 9.81 Å². The smallest absolute Gasteiger partial charge is 0.134 e. The van der Waals surface area contributed by atoms with Gasteiger partial charge in [-0.05, 0) is 49.9 Å². The maximum absolute atomic E-state index is 11.6. The summed E-state index contributed by atoms with van der Waals surface area (Å²) in [5, 5.41) is 6.66. The van der Waals surface area contributed by atoms with Gasteiger partial charge in [0.2, 0.25) is 0 Å². The van der Waals surface area contributed by atoms with Crippen LogP contribution in [-0.4, -0.2) is 17.4 Å². The second-order valence-electron chi connectivity index (χ2n) is 6.13. The van der Waals surface area contributed by atoms with Crippen molar-refractivity contribution < 1.29 is 4.79 Å². The zero-order valence-corrected chi connectivity index (χ0v) is 10.4. The number of ketones is 1. The lowest BCUT2D eigenvalue weighted by atomic mass is 9.65. The Morgan fingerprint density at radius 2 is 1.94 bits per heavy atom. The Morgan fingerprint density at radius 3 is 2.61 bits per heavy atom. The fourth-order valence-electron chi connectivity index (χ4n) is 4.71. The number of carbonyl (C=O) groups excluding carboxylic acids is 1. The van der Waals surface area contributed by atoms with Gasteiger partial charge < -0.3 is 0 Å². The Morgan fingerprint density at radius 1 is 1.11 bits per heavy atom. The number of nitrogens with zero attached hydrogens (tertiary/aromatic N) is 2. The van der Waals surface area contributed by atoms with Gasteiger partial charge in [0, 0.05) is 12.8 Å². The van der Waals surface area contributed by atoms with Crippen LogP contribution in [0.2, 0.25) is 0 Å². The zero-order valence-electron chi connectivity index (χ0n) is 10.4. The van der Waals surface area contributed by atoms with Crippen molar-refractivity contribution in [1.82, 2.24) is 0 Å². The number of nitroso groups, excluding NO2 is 2. The number of Topliss-reactive ketones (excluding diaryl/α,β-unsaturated/α-hetero) is 1. The van der Waals surface area contributed by atoms with Crippen molar-refractivity contribution >= 4 is 5.78 Å². The van der Waals surface area contributed by atoms with Gasteiger partial charge in [-0.2, -0.15) is 9.81 Å². The molecular weight excluding hydrogens is 232 g/mol. The molecule has 3 aliphatic rings. The molecule has 0 N–H and O–H groups in total. The van der Waals surface area contributed by atoms with Crippen LogP contribution in [0.15, 0.2) is 10.4 Å². The monoisotopic (exact) mass is 250 g/mol. The molecule has 98 valence electrons. The maximum Gasteiger partial charge on any atom is 0.134 e. The SMILES string of the molecule is O=N[C@H]1[C@@H]2CC[C@@H](C2)[C@]1(N=O)C1CCCC(=O)C1. The lowest BCUT2D eigenvalue weighted by Gasteiger charge is -2.41. The summed E-state index contributed by atoms with van der Waals surface area (Å²) in [5.41, 5.74) is -0.860. The minimum absolute atomic E-state index is 0.0470. The number of hydrogen-bond acceptors (Lipinski definition) is 5. The van der Waals surface area contributed by atoms with Gasteiger partial charge in [-0.3, -0.25) is 4.79 Å². The second kappa shape index (κ2) is 4.21. The van der Waals surface area contributed by atoms with Gasteiger partial charge in [-0.25, -0.2) is 0 Å². The molecule has 0 aromatic heterocycles. The van der Waals surface area contributed by atoms with E-state index >= 15 is 0 Å². The van der Waals surface area contributed by atoms with E-state index in [2.05, 4.69) is 10.4 Å². The van der Waals surface area contributed by atoms with Crippen molar-refractivity contribution in [1.29, 1.82) is 0 Å². The summed E-state index contributed by atoms with van der Waals surface area (Å²) >= 11 is 0. The van der Waals surface area contributed by atoms with E-state index < -0.39 is 11.6 Å². The average Bonchev–Trinajstić information content (AvgIpc) is 2.97. The number of fused-ring (bicyclic) bond motifs is 2. The summed E-state index contributed by atoms with van der Waals surface area (Å²) in [5.74, 6) is 0.566. The molecule has 5 nitrogen and oxygen atoms in total. The molecule has 3 aliphatic carbocycles. The lowest BCUT2D eigenvalue weighted by Crippen LogP contribution is -2.51. The molecule has 3 saturated carbocycles. The van der Waals surface area contributed by atoms with Crippen LogP contribution in [-0.2, 0) is 4.79 Å². The molecule has 18 heavy (non-hydrogen) atoms. The Bertz CT molecular complexity index is 398. The average molecular weight is 250 g/mol. The minimum Gasteiger partial charge on any atom is -0.300 e. The first kappa shape index (κ1) is 11.9. The van der Waals surface area contributed by atoms with Gasteiger partial charge in [0.25, 0.3) is 0 Å². The fraction of sp³-hybridized carbons (Fsp3) is 0.923. The molecule has 0 aromatic rings. The van der Waals surface area contributed by atoms with Crippen LogP contribution < -0.4 is 0 Å². The summed E-state index contributed by atoms with van der Waals surface area (Å²) < 4.78 is 0. The third-order valence-corrected chi connectivity index (χ3v) is 5.46. The van der Waals surface area contributed by atoms with Crippen LogP contribution in [0.5, 0.6) is 0 Å². The van der Waals surface area contributed by atoms with Gasteiger partial charge in [0.05, 0.1) is 0 Å². The van der Waals surface area contributed by atoms with E-state index in [9.17, 15) is 14.6 Å². The molecule has 0 aliphatic heterocycles. The standard InChI is InChI=1S/C13H18N2O3/c16-11-3-1-2-9(7-11)13(15-18)10-5-4-8(6-10)12(13)14-17/h8-10,12H,1-7H2/t8-,9?,10+,12+,13-/m1/s1. The molecule has 3 fully saturated rings. The predicted octanol–water partition coefficient (Wildman–Crippen LogP) is 2.82. The van der Waals surface area contributed by atoms with E-state index in [0.29, 0.717) is 12.8 Å². The summed E-state index contributed by atoms with van der Waals surface area (Å²) in [7, 11) is 0. The first-order valence-electron chi connectivity index (χ1n) is 6.91. The first-order valence-corrected chi connectivity index (χ1v) is 6.91. The Kier molecular flexibility index (Phi) is 2.79. The zero-order chi connectivity index (χ0) is 12.8. The Balaban J connectivity index is 1.95. The molecule has 0 heterocycles. The molecule has 0 aromatic carbocycles. The molecule has 0 amide bonds. The van der Waals surface area contributed by atoms with E-state index in [0.717, 1.165) is 32.1 Å². The van der Waals surface area contributed by atoms with E-state index in [4.69, 9.17) is 0 Å². The highest BCUT2D eigenvalue weighted by atomic mass is 16.3. The number of rotatable bonds is 3. The summed E-state index contributed by atoms with van der Waals surface area (Å²) in [4.78, 5) is 34.3. The molecule has 1 unspecified atom stereocenters. The third-order valence-electron chi connectivity index (χ3n) is 5.46.